The molecule has 0 aliphatic carbocycles. The molecular weight excluding hydrogens is 318 g/mol. The van der Waals surface area contributed by atoms with Gasteiger partial charge in [-0.05, 0) is 37.6 Å². The second kappa shape index (κ2) is 7.65. The van der Waals surface area contributed by atoms with E-state index in [-0.39, 0.29) is 12.1 Å². The molecule has 0 saturated heterocycles. The Hall–Kier alpha value is -2.52. The Morgan fingerprint density at radius 3 is 2.57 bits per heavy atom. The summed E-state index contributed by atoms with van der Waals surface area (Å²) in [5, 5.41) is 9.60. The predicted molar refractivity (Wildman–Crippen MR) is 86.9 cm³/mol. The molecule has 6 nitrogen and oxygen atoms in total. The SMILES string of the molecule is CCn1cc(C#N)c(=O)n(CCCOc2ccc(Cl)cc2)c1=O. The molecule has 23 heavy (non-hydrogen) atoms. The molecule has 120 valence electrons. The van der Waals surface area contributed by atoms with E-state index in [0.717, 1.165) is 4.57 Å². The van der Waals surface area contributed by atoms with Gasteiger partial charge in [0.05, 0.1) is 6.61 Å². The molecule has 0 spiro atoms. The molecule has 0 radical (unpaired) electrons. The maximum Gasteiger partial charge on any atom is 0.331 e. The third-order valence-corrected chi connectivity index (χ3v) is 3.56. The van der Waals surface area contributed by atoms with Crippen molar-refractivity contribution in [3.63, 3.8) is 0 Å². The average Bonchev–Trinajstić information content (AvgIpc) is 2.56. The highest BCUT2D eigenvalue weighted by Crippen LogP contribution is 2.15. The number of hydrogen-bond donors (Lipinski definition) is 0. The van der Waals surface area contributed by atoms with Crippen molar-refractivity contribution in [2.45, 2.75) is 26.4 Å². The number of rotatable bonds is 6. The zero-order valence-electron chi connectivity index (χ0n) is 12.7. The summed E-state index contributed by atoms with van der Waals surface area (Å²) in [4.78, 5) is 24.2. The van der Waals surface area contributed by atoms with Gasteiger partial charge in [0.25, 0.3) is 5.56 Å². The topological polar surface area (TPSA) is 77.0 Å². The molecule has 7 heteroatoms. The minimum absolute atomic E-state index is 0.0370. The quantitative estimate of drug-likeness (QED) is 0.758. The van der Waals surface area contributed by atoms with E-state index in [1.54, 1.807) is 31.2 Å². The van der Waals surface area contributed by atoms with Gasteiger partial charge in [-0.25, -0.2) is 4.79 Å². The van der Waals surface area contributed by atoms with E-state index in [9.17, 15) is 9.59 Å². The third-order valence-electron chi connectivity index (χ3n) is 3.31. The van der Waals surface area contributed by atoms with Crippen LogP contribution in [0.25, 0.3) is 0 Å². The molecule has 0 atom stereocenters. The lowest BCUT2D eigenvalue weighted by Crippen LogP contribution is -2.41. The van der Waals surface area contributed by atoms with Crippen LogP contribution < -0.4 is 16.0 Å². The summed E-state index contributed by atoms with van der Waals surface area (Å²) in [5.41, 5.74) is -1.01. The molecule has 1 heterocycles. The summed E-state index contributed by atoms with van der Waals surface area (Å²) in [6, 6.07) is 8.75. The van der Waals surface area contributed by atoms with Crippen LogP contribution >= 0.6 is 11.6 Å². The summed E-state index contributed by atoms with van der Waals surface area (Å²) in [6.45, 7) is 2.72. The highest BCUT2D eigenvalue weighted by molar-refractivity contribution is 6.30. The molecule has 2 aromatic rings. The fourth-order valence-corrected chi connectivity index (χ4v) is 2.22. The van der Waals surface area contributed by atoms with E-state index in [4.69, 9.17) is 21.6 Å². The Bertz CT molecular complexity index is 832. The Morgan fingerprint density at radius 1 is 1.26 bits per heavy atom. The summed E-state index contributed by atoms with van der Waals surface area (Å²) in [6.07, 6.45) is 1.77. The molecule has 0 unspecified atom stereocenters. The van der Waals surface area contributed by atoms with Gasteiger partial charge in [-0.2, -0.15) is 5.26 Å². The molecule has 0 N–H and O–H groups in total. The van der Waals surface area contributed by atoms with Crippen LogP contribution in [0.3, 0.4) is 0 Å². The number of nitriles is 1. The molecule has 0 saturated carbocycles. The van der Waals surface area contributed by atoms with Gasteiger partial charge in [-0.15, -0.1) is 0 Å². The molecule has 1 aromatic heterocycles. The highest BCUT2D eigenvalue weighted by Gasteiger charge is 2.10. The van der Waals surface area contributed by atoms with Crippen molar-refractivity contribution in [1.29, 1.82) is 5.26 Å². The minimum atomic E-state index is -0.561. The van der Waals surface area contributed by atoms with Crippen molar-refractivity contribution < 1.29 is 4.74 Å². The molecule has 0 amide bonds. The first-order valence-corrected chi connectivity index (χ1v) is 7.57. The van der Waals surface area contributed by atoms with Crippen molar-refractivity contribution in [3.8, 4) is 11.8 Å². The number of aryl methyl sites for hydroxylation is 1. The second-order valence-electron chi connectivity index (χ2n) is 4.84. The largest absolute Gasteiger partial charge is 0.494 e. The maximum absolute atomic E-state index is 12.2. The average molecular weight is 334 g/mol. The molecule has 2 rings (SSSR count). The predicted octanol–water partition coefficient (Wildman–Crippen LogP) is 2.02. The van der Waals surface area contributed by atoms with E-state index in [0.29, 0.717) is 30.3 Å². The van der Waals surface area contributed by atoms with E-state index >= 15 is 0 Å². The fourth-order valence-electron chi connectivity index (χ4n) is 2.10. The van der Waals surface area contributed by atoms with Crippen LogP contribution in [0, 0.1) is 11.3 Å². The summed E-state index contributed by atoms with van der Waals surface area (Å²) >= 11 is 5.79. The lowest BCUT2D eigenvalue weighted by molar-refractivity contribution is 0.299. The minimum Gasteiger partial charge on any atom is -0.494 e. The van der Waals surface area contributed by atoms with E-state index in [1.165, 1.54) is 10.8 Å². The van der Waals surface area contributed by atoms with Gasteiger partial charge >= 0.3 is 5.69 Å². The van der Waals surface area contributed by atoms with Crippen LogP contribution in [0.2, 0.25) is 5.02 Å². The monoisotopic (exact) mass is 333 g/mol. The number of benzene rings is 1. The number of aromatic nitrogens is 2. The second-order valence-corrected chi connectivity index (χ2v) is 5.27. The zero-order valence-corrected chi connectivity index (χ0v) is 13.4. The zero-order chi connectivity index (χ0) is 16.8. The normalized spacial score (nSPS) is 10.3. The molecular formula is C16H16ClN3O3. The Morgan fingerprint density at radius 2 is 1.96 bits per heavy atom. The maximum atomic E-state index is 12.2. The Labute approximate surface area is 138 Å². The van der Waals surface area contributed by atoms with Crippen LogP contribution in [0.5, 0.6) is 5.75 Å². The van der Waals surface area contributed by atoms with Crippen molar-refractivity contribution in [1.82, 2.24) is 9.13 Å². The standard InChI is InChI=1S/C16H16ClN3O3/c1-2-19-11-12(10-18)15(21)20(16(19)22)8-3-9-23-14-6-4-13(17)5-7-14/h4-7,11H,2-3,8-9H2,1H3. The van der Waals surface area contributed by atoms with Crippen molar-refractivity contribution >= 4 is 11.6 Å². The lowest BCUT2D eigenvalue weighted by atomic mass is 10.3. The van der Waals surface area contributed by atoms with Crippen LogP contribution in [0.4, 0.5) is 0 Å². The Balaban J connectivity index is 2.06. The first-order valence-electron chi connectivity index (χ1n) is 7.19. The van der Waals surface area contributed by atoms with E-state index in [2.05, 4.69) is 0 Å². The fraction of sp³-hybridized carbons (Fsp3) is 0.312. The van der Waals surface area contributed by atoms with E-state index in [1.807, 2.05) is 6.07 Å². The molecule has 0 aliphatic rings. The highest BCUT2D eigenvalue weighted by atomic mass is 35.5. The van der Waals surface area contributed by atoms with Crippen molar-refractivity contribution in [2.24, 2.45) is 0 Å². The Kier molecular flexibility index (Phi) is 5.61. The van der Waals surface area contributed by atoms with Crippen LogP contribution in [0.15, 0.2) is 40.1 Å². The number of halogens is 1. The van der Waals surface area contributed by atoms with Gasteiger partial charge in [0, 0.05) is 24.3 Å². The van der Waals surface area contributed by atoms with Crippen LogP contribution in [0.1, 0.15) is 18.9 Å². The van der Waals surface area contributed by atoms with Gasteiger partial charge in [0.1, 0.15) is 17.4 Å². The summed E-state index contributed by atoms with van der Waals surface area (Å²) < 4.78 is 7.95. The third kappa shape index (κ3) is 4.02. The van der Waals surface area contributed by atoms with Gasteiger partial charge in [-0.1, -0.05) is 11.6 Å². The number of ether oxygens (including phenoxy) is 1. The lowest BCUT2D eigenvalue weighted by Gasteiger charge is -2.10. The molecule has 0 aliphatic heterocycles. The van der Waals surface area contributed by atoms with E-state index < -0.39 is 11.2 Å². The van der Waals surface area contributed by atoms with Gasteiger partial charge in [0.15, 0.2) is 0 Å². The molecule has 0 bridgehead atoms. The molecule has 0 fully saturated rings. The first-order chi connectivity index (χ1) is 11.1. The number of hydrogen-bond acceptors (Lipinski definition) is 4. The summed E-state index contributed by atoms with van der Waals surface area (Å²) in [5.74, 6) is 0.665. The van der Waals surface area contributed by atoms with Crippen LogP contribution in [-0.2, 0) is 13.1 Å². The van der Waals surface area contributed by atoms with Crippen molar-refractivity contribution in [2.75, 3.05) is 6.61 Å². The first kappa shape index (κ1) is 16.8. The van der Waals surface area contributed by atoms with Gasteiger partial charge < -0.3 is 4.74 Å². The molecule has 1 aromatic carbocycles. The van der Waals surface area contributed by atoms with Crippen molar-refractivity contribution in [3.05, 3.63) is 61.9 Å². The van der Waals surface area contributed by atoms with Gasteiger partial charge in [0.2, 0.25) is 0 Å². The summed E-state index contributed by atoms with van der Waals surface area (Å²) in [7, 11) is 0. The number of nitrogens with zero attached hydrogens (tertiary/aromatic N) is 3. The van der Waals surface area contributed by atoms with Crippen LogP contribution in [-0.4, -0.2) is 15.7 Å². The van der Waals surface area contributed by atoms with Gasteiger partial charge in [-0.3, -0.25) is 13.9 Å². The smallest absolute Gasteiger partial charge is 0.331 e.